The number of nitrogens with zero attached hydrogens (tertiary/aromatic N) is 2. The maximum atomic E-state index is 13.0. The number of aliphatic carboxylic acids is 1. The van der Waals surface area contributed by atoms with E-state index < -0.39 is 12.0 Å². The van der Waals surface area contributed by atoms with Gasteiger partial charge in [-0.2, -0.15) is 0 Å². The third-order valence-corrected chi connectivity index (χ3v) is 5.51. The molecule has 1 aromatic heterocycles. The number of fused-ring (bicyclic) bond motifs is 1. The van der Waals surface area contributed by atoms with Gasteiger partial charge >= 0.3 is 5.97 Å². The van der Waals surface area contributed by atoms with Crippen molar-refractivity contribution in [3.63, 3.8) is 0 Å². The molecule has 0 radical (unpaired) electrons. The molecule has 6 heteroatoms. The molecule has 0 spiro atoms. The Kier molecular flexibility index (Phi) is 4.29. The van der Waals surface area contributed by atoms with Gasteiger partial charge in [-0.1, -0.05) is 12.8 Å². The number of likely N-dealkylation sites (tertiary alicyclic amines) is 1. The molecule has 1 aliphatic heterocycles. The molecule has 132 valence electrons. The van der Waals surface area contributed by atoms with Crippen molar-refractivity contribution in [2.45, 2.75) is 50.7 Å². The molecule has 25 heavy (non-hydrogen) atoms. The summed E-state index contributed by atoms with van der Waals surface area (Å²) in [5.74, 6) is 0.479. The van der Waals surface area contributed by atoms with E-state index in [0.717, 1.165) is 24.8 Å². The van der Waals surface area contributed by atoms with Crippen LogP contribution >= 0.6 is 0 Å². The van der Waals surface area contributed by atoms with Gasteiger partial charge in [-0.05, 0) is 49.4 Å². The molecule has 2 aliphatic rings. The molecule has 1 aliphatic carbocycles. The van der Waals surface area contributed by atoms with Gasteiger partial charge in [0.2, 0.25) is 5.89 Å². The molecule has 1 N–H and O–H groups in total. The number of rotatable bonds is 4. The molecule has 4 rings (SSSR count). The van der Waals surface area contributed by atoms with Gasteiger partial charge in [0, 0.05) is 11.6 Å². The van der Waals surface area contributed by atoms with Crippen molar-refractivity contribution in [2.24, 2.45) is 5.92 Å². The highest BCUT2D eigenvalue weighted by atomic mass is 19.1. The molecular weight excluding hydrogens is 323 g/mol. The second-order valence-electron chi connectivity index (χ2n) is 7.00. The lowest BCUT2D eigenvalue weighted by Gasteiger charge is -2.32. The van der Waals surface area contributed by atoms with Crippen LogP contribution < -0.4 is 0 Å². The Morgan fingerprint density at radius 2 is 2.04 bits per heavy atom. The summed E-state index contributed by atoms with van der Waals surface area (Å²) < 4.78 is 18.9. The second-order valence-corrected chi connectivity index (χ2v) is 7.00. The molecule has 3 atom stereocenters. The van der Waals surface area contributed by atoms with Crippen LogP contribution in [0.25, 0.3) is 11.3 Å². The van der Waals surface area contributed by atoms with Gasteiger partial charge in [0.05, 0.1) is 12.7 Å². The number of carboxylic acids is 1. The number of carbonyl (C=O) groups is 1. The lowest BCUT2D eigenvalue weighted by molar-refractivity contribution is -0.143. The summed E-state index contributed by atoms with van der Waals surface area (Å²) in [6.45, 7) is 0.402. The minimum atomic E-state index is -0.764. The number of aromatic nitrogens is 1. The Bertz CT molecular complexity index is 758. The van der Waals surface area contributed by atoms with Crippen LogP contribution in [0.3, 0.4) is 0 Å². The maximum Gasteiger partial charge on any atom is 0.320 e. The summed E-state index contributed by atoms with van der Waals surface area (Å²) in [5.41, 5.74) is 0.756. The SMILES string of the molecule is O=C(O)[C@@H]1C[C@H]2CCCC[C@@H]2N1Cc1ncc(-c2ccc(F)cc2)o1. The number of hydrogen-bond donors (Lipinski definition) is 1. The summed E-state index contributed by atoms with van der Waals surface area (Å²) in [4.78, 5) is 18.0. The van der Waals surface area contributed by atoms with Crippen LogP contribution in [0.5, 0.6) is 0 Å². The van der Waals surface area contributed by atoms with Crippen molar-refractivity contribution in [1.82, 2.24) is 9.88 Å². The van der Waals surface area contributed by atoms with E-state index in [1.165, 1.54) is 18.6 Å². The normalized spacial score (nSPS) is 26.5. The fraction of sp³-hybridized carbons (Fsp3) is 0.474. The Morgan fingerprint density at radius 1 is 1.28 bits per heavy atom. The van der Waals surface area contributed by atoms with E-state index in [-0.39, 0.29) is 5.82 Å². The summed E-state index contributed by atoms with van der Waals surface area (Å²) in [6.07, 6.45) is 6.82. The summed E-state index contributed by atoms with van der Waals surface area (Å²) in [7, 11) is 0. The Hall–Kier alpha value is -2.21. The minimum Gasteiger partial charge on any atom is -0.480 e. The Balaban J connectivity index is 1.54. The van der Waals surface area contributed by atoms with E-state index in [1.54, 1.807) is 18.3 Å². The molecule has 0 unspecified atom stereocenters. The van der Waals surface area contributed by atoms with Crippen molar-refractivity contribution < 1.29 is 18.7 Å². The summed E-state index contributed by atoms with van der Waals surface area (Å²) >= 11 is 0. The van der Waals surface area contributed by atoms with Crippen molar-refractivity contribution >= 4 is 5.97 Å². The Morgan fingerprint density at radius 3 is 2.80 bits per heavy atom. The third-order valence-electron chi connectivity index (χ3n) is 5.51. The average Bonchev–Trinajstić information content (AvgIpc) is 3.21. The van der Waals surface area contributed by atoms with Gasteiger partial charge in [0.15, 0.2) is 5.76 Å². The first-order valence-corrected chi connectivity index (χ1v) is 8.81. The van der Waals surface area contributed by atoms with Crippen LogP contribution in [-0.2, 0) is 11.3 Å². The van der Waals surface area contributed by atoms with Crippen LogP contribution in [-0.4, -0.2) is 33.0 Å². The number of hydrogen-bond acceptors (Lipinski definition) is 4. The van der Waals surface area contributed by atoms with Gasteiger partial charge in [-0.3, -0.25) is 9.69 Å². The first-order chi connectivity index (χ1) is 12.1. The van der Waals surface area contributed by atoms with Crippen LogP contribution in [0, 0.1) is 11.7 Å². The van der Waals surface area contributed by atoms with Crippen molar-refractivity contribution in [2.75, 3.05) is 0 Å². The van der Waals surface area contributed by atoms with Crippen molar-refractivity contribution in [3.8, 4) is 11.3 Å². The van der Waals surface area contributed by atoms with Crippen LogP contribution in [0.2, 0.25) is 0 Å². The molecule has 2 aromatic rings. The highest BCUT2D eigenvalue weighted by molar-refractivity contribution is 5.74. The highest BCUT2D eigenvalue weighted by Gasteiger charge is 2.45. The van der Waals surface area contributed by atoms with Gasteiger partial charge in [-0.15, -0.1) is 0 Å². The zero-order valence-electron chi connectivity index (χ0n) is 13.9. The predicted molar refractivity (Wildman–Crippen MR) is 89.2 cm³/mol. The second kappa shape index (κ2) is 6.59. The molecule has 1 saturated carbocycles. The lowest BCUT2D eigenvalue weighted by Crippen LogP contribution is -2.41. The summed E-state index contributed by atoms with van der Waals surface area (Å²) in [5, 5.41) is 9.59. The van der Waals surface area contributed by atoms with Gasteiger partial charge in [-0.25, -0.2) is 9.37 Å². The monoisotopic (exact) mass is 344 g/mol. The van der Waals surface area contributed by atoms with E-state index in [2.05, 4.69) is 4.98 Å². The van der Waals surface area contributed by atoms with E-state index >= 15 is 0 Å². The van der Waals surface area contributed by atoms with E-state index in [1.807, 2.05) is 4.90 Å². The highest BCUT2D eigenvalue weighted by Crippen LogP contribution is 2.40. The van der Waals surface area contributed by atoms with E-state index in [0.29, 0.717) is 36.6 Å². The molecule has 0 amide bonds. The fourth-order valence-corrected chi connectivity index (χ4v) is 4.31. The molecular formula is C19H21FN2O3. The van der Waals surface area contributed by atoms with Crippen LogP contribution in [0.1, 0.15) is 38.0 Å². The molecule has 1 saturated heterocycles. The fourth-order valence-electron chi connectivity index (χ4n) is 4.31. The zero-order valence-corrected chi connectivity index (χ0v) is 13.9. The van der Waals surface area contributed by atoms with Crippen LogP contribution in [0.4, 0.5) is 4.39 Å². The molecule has 0 bridgehead atoms. The number of halogens is 1. The quantitative estimate of drug-likeness (QED) is 0.916. The summed E-state index contributed by atoms with van der Waals surface area (Å²) in [6, 6.07) is 5.89. The first kappa shape index (κ1) is 16.3. The molecule has 1 aromatic carbocycles. The van der Waals surface area contributed by atoms with Gasteiger partial charge < -0.3 is 9.52 Å². The number of carboxylic acid groups (broad SMARTS) is 1. The predicted octanol–water partition coefficient (Wildman–Crippen LogP) is 3.70. The van der Waals surface area contributed by atoms with E-state index in [9.17, 15) is 14.3 Å². The molecule has 2 fully saturated rings. The Labute approximate surface area is 145 Å². The topological polar surface area (TPSA) is 66.6 Å². The zero-order chi connectivity index (χ0) is 17.4. The van der Waals surface area contributed by atoms with Crippen molar-refractivity contribution in [1.29, 1.82) is 0 Å². The van der Waals surface area contributed by atoms with E-state index in [4.69, 9.17) is 4.42 Å². The van der Waals surface area contributed by atoms with Gasteiger partial charge in [0.1, 0.15) is 11.9 Å². The number of oxazole rings is 1. The molecule has 5 nitrogen and oxygen atoms in total. The smallest absolute Gasteiger partial charge is 0.320 e. The lowest BCUT2D eigenvalue weighted by atomic mass is 9.85. The van der Waals surface area contributed by atoms with Gasteiger partial charge in [0.25, 0.3) is 0 Å². The first-order valence-electron chi connectivity index (χ1n) is 8.81. The van der Waals surface area contributed by atoms with Crippen molar-refractivity contribution in [3.05, 3.63) is 42.2 Å². The average molecular weight is 344 g/mol. The third kappa shape index (κ3) is 3.18. The maximum absolute atomic E-state index is 13.0. The molecule has 2 heterocycles. The number of benzene rings is 1. The largest absolute Gasteiger partial charge is 0.480 e. The van der Waals surface area contributed by atoms with Crippen LogP contribution in [0.15, 0.2) is 34.9 Å². The standard InChI is InChI=1S/C19H21FN2O3/c20-14-7-5-12(6-8-14)17-10-21-18(25-17)11-22-15-4-2-1-3-13(15)9-16(22)19(23)24/h5-8,10,13,15-16H,1-4,9,11H2,(H,23,24)/t13-,15+,16+/m1/s1. The minimum absolute atomic E-state index is 0.298.